The normalized spacial score (nSPS) is 14.8. The molecule has 0 aromatic heterocycles. The summed E-state index contributed by atoms with van der Waals surface area (Å²) in [5.41, 5.74) is 1.81. The van der Waals surface area contributed by atoms with E-state index < -0.39 is 0 Å². The molecule has 0 atom stereocenters. The Morgan fingerprint density at radius 3 is 2.52 bits per heavy atom. The van der Waals surface area contributed by atoms with Crippen LogP contribution in [0.4, 0.5) is 0 Å². The third-order valence-electron chi connectivity index (χ3n) is 5.03. The number of carbonyl (C=O) groups is 2. The van der Waals surface area contributed by atoms with Gasteiger partial charge in [0.15, 0.2) is 0 Å². The third-order valence-corrected chi connectivity index (χ3v) is 5.28. The number of hydrogen-bond acceptors (Lipinski definition) is 3. The van der Waals surface area contributed by atoms with Gasteiger partial charge in [-0.1, -0.05) is 41.9 Å². The van der Waals surface area contributed by atoms with E-state index in [9.17, 15) is 9.59 Å². The molecule has 0 bridgehead atoms. The molecule has 0 unspecified atom stereocenters. The van der Waals surface area contributed by atoms with Gasteiger partial charge in [0.05, 0.1) is 13.5 Å². The Kier molecular flexibility index (Phi) is 7.30. The van der Waals surface area contributed by atoms with Crippen molar-refractivity contribution in [2.24, 2.45) is 0 Å². The Balaban J connectivity index is 1.45. The molecule has 1 N–H and O–H groups in total. The predicted octanol–water partition coefficient (Wildman–Crippen LogP) is 3.71. The summed E-state index contributed by atoms with van der Waals surface area (Å²) in [5, 5.41) is 3.68. The van der Waals surface area contributed by atoms with Crippen LogP contribution in [-0.2, 0) is 16.0 Å². The summed E-state index contributed by atoms with van der Waals surface area (Å²) in [6.45, 7) is 1.28. The second kappa shape index (κ2) is 10.1. The van der Waals surface area contributed by atoms with Gasteiger partial charge in [-0.15, -0.1) is 0 Å². The minimum atomic E-state index is -0.126. The summed E-state index contributed by atoms with van der Waals surface area (Å²) in [6, 6.07) is 14.9. The van der Waals surface area contributed by atoms with Gasteiger partial charge in [-0.3, -0.25) is 9.59 Å². The molecule has 0 spiro atoms. The molecule has 5 nitrogen and oxygen atoms in total. The molecular weight excluding hydrogens is 388 g/mol. The number of halogens is 1. The third kappa shape index (κ3) is 6.09. The number of methoxy groups -OCH3 is 1. The van der Waals surface area contributed by atoms with E-state index in [0.717, 1.165) is 29.7 Å². The Hall–Kier alpha value is -2.79. The molecule has 152 valence electrons. The first-order chi connectivity index (χ1) is 14.0. The lowest BCUT2D eigenvalue weighted by atomic mass is 10.0. The van der Waals surface area contributed by atoms with Crippen LogP contribution in [0.25, 0.3) is 6.08 Å². The number of nitrogens with zero attached hydrogens (tertiary/aromatic N) is 1. The number of likely N-dealkylation sites (tertiary alicyclic amines) is 1. The van der Waals surface area contributed by atoms with Crippen molar-refractivity contribution in [2.45, 2.75) is 25.3 Å². The molecule has 2 aromatic rings. The van der Waals surface area contributed by atoms with Gasteiger partial charge >= 0.3 is 0 Å². The maximum Gasteiger partial charge on any atom is 0.244 e. The Labute approximate surface area is 176 Å². The van der Waals surface area contributed by atoms with Crippen LogP contribution < -0.4 is 10.1 Å². The van der Waals surface area contributed by atoms with Gasteiger partial charge in [0, 0.05) is 35.8 Å². The van der Waals surface area contributed by atoms with Gasteiger partial charge in [0.2, 0.25) is 11.8 Å². The van der Waals surface area contributed by atoms with Crippen molar-refractivity contribution >= 4 is 29.5 Å². The van der Waals surface area contributed by atoms with Crippen molar-refractivity contribution < 1.29 is 14.3 Å². The second-order valence-electron chi connectivity index (χ2n) is 7.04. The minimum absolute atomic E-state index is 0.0766. The van der Waals surface area contributed by atoms with Gasteiger partial charge in [-0.2, -0.15) is 0 Å². The van der Waals surface area contributed by atoms with E-state index in [4.69, 9.17) is 16.3 Å². The molecule has 1 saturated heterocycles. The zero-order valence-electron chi connectivity index (χ0n) is 16.4. The highest BCUT2D eigenvalue weighted by Crippen LogP contribution is 2.20. The molecule has 0 aliphatic carbocycles. The minimum Gasteiger partial charge on any atom is -0.496 e. The van der Waals surface area contributed by atoms with E-state index in [1.165, 1.54) is 6.08 Å². The van der Waals surface area contributed by atoms with Gasteiger partial charge in [0.1, 0.15) is 5.75 Å². The van der Waals surface area contributed by atoms with Crippen LogP contribution in [-0.4, -0.2) is 43.0 Å². The molecule has 6 heteroatoms. The van der Waals surface area contributed by atoms with Crippen LogP contribution >= 0.6 is 11.6 Å². The number of nitrogens with one attached hydrogen (secondary N) is 1. The molecule has 29 heavy (non-hydrogen) atoms. The number of piperidine rings is 1. The standard InChI is InChI=1S/C23H25ClN2O3/c1-29-21-5-3-2-4-18(21)16-23(28)26-14-12-20(13-15-26)25-22(27)11-8-17-6-9-19(24)10-7-17/h2-11,20H,12-16H2,1H3,(H,25,27). The van der Waals surface area contributed by atoms with E-state index in [1.807, 2.05) is 41.3 Å². The Morgan fingerprint density at radius 1 is 1.14 bits per heavy atom. The average Bonchev–Trinajstić information content (AvgIpc) is 2.74. The fourth-order valence-electron chi connectivity index (χ4n) is 3.39. The maximum atomic E-state index is 12.6. The Bertz CT molecular complexity index is 872. The molecule has 2 aromatic carbocycles. The summed E-state index contributed by atoms with van der Waals surface area (Å²) in [7, 11) is 1.61. The maximum absolute atomic E-state index is 12.6. The lowest BCUT2D eigenvalue weighted by molar-refractivity contribution is -0.131. The molecule has 1 aliphatic heterocycles. The van der Waals surface area contributed by atoms with Gasteiger partial charge < -0.3 is 15.0 Å². The van der Waals surface area contributed by atoms with Crippen molar-refractivity contribution in [2.75, 3.05) is 20.2 Å². The van der Waals surface area contributed by atoms with Crippen molar-refractivity contribution in [1.82, 2.24) is 10.2 Å². The number of hydrogen-bond donors (Lipinski definition) is 1. The molecule has 3 rings (SSSR count). The largest absolute Gasteiger partial charge is 0.496 e. The number of benzene rings is 2. The van der Waals surface area contributed by atoms with Gasteiger partial charge in [-0.25, -0.2) is 0 Å². The summed E-state index contributed by atoms with van der Waals surface area (Å²) < 4.78 is 5.32. The molecular formula is C23H25ClN2O3. The van der Waals surface area contributed by atoms with Crippen LogP contribution in [0.15, 0.2) is 54.6 Å². The van der Waals surface area contributed by atoms with Crippen LogP contribution in [0, 0.1) is 0 Å². The number of carbonyl (C=O) groups excluding carboxylic acids is 2. The first kappa shape index (κ1) is 20.9. The number of rotatable bonds is 6. The lowest BCUT2D eigenvalue weighted by Crippen LogP contribution is -2.46. The number of amides is 2. The van der Waals surface area contributed by atoms with E-state index in [-0.39, 0.29) is 17.9 Å². The second-order valence-corrected chi connectivity index (χ2v) is 7.47. The van der Waals surface area contributed by atoms with Crippen molar-refractivity contribution in [1.29, 1.82) is 0 Å². The summed E-state index contributed by atoms with van der Waals surface area (Å²) >= 11 is 5.86. The molecule has 1 fully saturated rings. The Morgan fingerprint density at radius 2 is 1.83 bits per heavy atom. The van der Waals surface area contributed by atoms with Gasteiger partial charge in [0.25, 0.3) is 0 Å². The van der Waals surface area contributed by atoms with Crippen LogP contribution in [0.3, 0.4) is 0 Å². The highest BCUT2D eigenvalue weighted by molar-refractivity contribution is 6.30. The van der Waals surface area contributed by atoms with E-state index in [2.05, 4.69) is 5.32 Å². The zero-order chi connectivity index (χ0) is 20.6. The highest BCUT2D eigenvalue weighted by Gasteiger charge is 2.24. The molecule has 2 amide bonds. The topological polar surface area (TPSA) is 58.6 Å². The summed E-state index contributed by atoms with van der Waals surface area (Å²) in [4.78, 5) is 26.6. The van der Waals surface area contributed by atoms with E-state index >= 15 is 0 Å². The van der Waals surface area contributed by atoms with Crippen LogP contribution in [0.1, 0.15) is 24.0 Å². The van der Waals surface area contributed by atoms with Crippen LogP contribution in [0.5, 0.6) is 5.75 Å². The smallest absolute Gasteiger partial charge is 0.244 e. The molecule has 0 radical (unpaired) electrons. The first-order valence-electron chi connectivity index (χ1n) is 9.69. The monoisotopic (exact) mass is 412 g/mol. The fraction of sp³-hybridized carbons (Fsp3) is 0.304. The van der Waals surface area contributed by atoms with E-state index in [1.54, 1.807) is 25.3 Å². The summed E-state index contributed by atoms with van der Waals surface area (Å²) in [6.07, 6.45) is 5.11. The number of para-hydroxylation sites is 1. The van der Waals surface area contributed by atoms with E-state index in [0.29, 0.717) is 24.5 Å². The zero-order valence-corrected chi connectivity index (χ0v) is 17.2. The molecule has 1 aliphatic rings. The van der Waals surface area contributed by atoms with Crippen molar-refractivity contribution in [3.8, 4) is 5.75 Å². The lowest BCUT2D eigenvalue weighted by Gasteiger charge is -2.32. The highest BCUT2D eigenvalue weighted by atomic mass is 35.5. The first-order valence-corrected chi connectivity index (χ1v) is 10.1. The molecule has 1 heterocycles. The van der Waals surface area contributed by atoms with Gasteiger partial charge in [-0.05, 0) is 42.7 Å². The predicted molar refractivity (Wildman–Crippen MR) is 115 cm³/mol. The SMILES string of the molecule is COc1ccccc1CC(=O)N1CCC(NC(=O)C=Cc2ccc(Cl)cc2)CC1. The molecule has 0 saturated carbocycles. The van der Waals surface area contributed by atoms with Crippen molar-refractivity contribution in [3.05, 3.63) is 70.8 Å². The average molecular weight is 413 g/mol. The quantitative estimate of drug-likeness (QED) is 0.736. The van der Waals surface area contributed by atoms with Crippen molar-refractivity contribution in [3.63, 3.8) is 0 Å². The fourth-order valence-corrected chi connectivity index (χ4v) is 3.52. The van der Waals surface area contributed by atoms with Crippen LogP contribution in [0.2, 0.25) is 5.02 Å². The number of ether oxygens (including phenoxy) is 1. The summed E-state index contributed by atoms with van der Waals surface area (Å²) in [5.74, 6) is 0.691.